The quantitative estimate of drug-likeness (QED) is 0.837. The van der Waals surface area contributed by atoms with E-state index in [1.54, 1.807) is 0 Å². The van der Waals surface area contributed by atoms with Crippen molar-refractivity contribution in [3.63, 3.8) is 0 Å². The Morgan fingerprint density at radius 2 is 2.21 bits per heavy atom. The van der Waals surface area contributed by atoms with Crippen molar-refractivity contribution in [2.75, 3.05) is 6.61 Å². The number of carbonyl (C=O) groups is 1. The predicted molar refractivity (Wildman–Crippen MR) is 72.8 cm³/mol. The molecule has 1 fully saturated rings. The minimum atomic E-state index is 0.215. The Kier molecular flexibility index (Phi) is 3.56. The molecule has 102 valence electrons. The fourth-order valence-corrected chi connectivity index (χ4v) is 2.91. The van der Waals surface area contributed by atoms with E-state index in [0.29, 0.717) is 19.1 Å². The fourth-order valence-electron chi connectivity index (χ4n) is 2.91. The van der Waals surface area contributed by atoms with Gasteiger partial charge in [-0.15, -0.1) is 0 Å². The van der Waals surface area contributed by atoms with E-state index >= 15 is 0 Å². The summed E-state index contributed by atoms with van der Waals surface area (Å²) in [5, 5.41) is 0. The summed E-state index contributed by atoms with van der Waals surface area (Å²) >= 11 is 0. The second-order valence-electron chi connectivity index (χ2n) is 5.55. The Morgan fingerprint density at radius 1 is 1.32 bits per heavy atom. The zero-order chi connectivity index (χ0) is 13.2. The lowest BCUT2D eigenvalue weighted by atomic mass is 9.90. The van der Waals surface area contributed by atoms with Crippen LogP contribution in [0.5, 0.6) is 5.75 Å². The zero-order valence-electron chi connectivity index (χ0n) is 11.4. The standard InChI is InChI=1S/C16H20O3/c1-11-5-6-14(19-11)10-18-13-7-8-15-12(9-13)3-2-4-16(15)17/h7-9,11,14H,2-6,10H2,1H3. The summed E-state index contributed by atoms with van der Waals surface area (Å²) in [6.07, 6.45) is 5.38. The molecule has 0 bridgehead atoms. The number of ketones is 1. The van der Waals surface area contributed by atoms with Crippen molar-refractivity contribution in [3.8, 4) is 5.75 Å². The number of Topliss-reactive ketones (excluding diaryl/α,β-unsaturated/α-hetero) is 1. The Bertz CT molecular complexity index is 481. The number of benzene rings is 1. The number of rotatable bonds is 3. The van der Waals surface area contributed by atoms with Gasteiger partial charge < -0.3 is 9.47 Å². The van der Waals surface area contributed by atoms with Crippen molar-refractivity contribution < 1.29 is 14.3 Å². The van der Waals surface area contributed by atoms with Crippen molar-refractivity contribution in [3.05, 3.63) is 29.3 Å². The van der Waals surface area contributed by atoms with Crippen LogP contribution in [0.15, 0.2) is 18.2 Å². The molecule has 1 saturated heterocycles. The molecule has 0 aromatic heterocycles. The van der Waals surface area contributed by atoms with Gasteiger partial charge in [0.15, 0.2) is 5.78 Å². The maximum atomic E-state index is 11.7. The number of ether oxygens (including phenoxy) is 2. The lowest BCUT2D eigenvalue weighted by Crippen LogP contribution is -2.18. The Labute approximate surface area is 113 Å². The number of aryl methyl sites for hydroxylation is 1. The van der Waals surface area contributed by atoms with Crippen molar-refractivity contribution in [2.24, 2.45) is 0 Å². The summed E-state index contributed by atoms with van der Waals surface area (Å²) in [5.74, 6) is 1.12. The van der Waals surface area contributed by atoms with E-state index in [1.165, 1.54) is 0 Å². The summed E-state index contributed by atoms with van der Waals surface area (Å²) in [7, 11) is 0. The number of hydrogen-bond acceptors (Lipinski definition) is 3. The molecule has 0 spiro atoms. The van der Waals surface area contributed by atoms with E-state index < -0.39 is 0 Å². The first-order valence-electron chi connectivity index (χ1n) is 7.17. The van der Waals surface area contributed by atoms with Crippen LogP contribution >= 0.6 is 0 Å². The van der Waals surface area contributed by atoms with Gasteiger partial charge in [-0.3, -0.25) is 4.79 Å². The maximum Gasteiger partial charge on any atom is 0.163 e. The van der Waals surface area contributed by atoms with Crippen molar-refractivity contribution >= 4 is 5.78 Å². The zero-order valence-corrected chi connectivity index (χ0v) is 11.4. The van der Waals surface area contributed by atoms with Crippen LogP contribution in [0.4, 0.5) is 0 Å². The van der Waals surface area contributed by atoms with Gasteiger partial charge >= 0.3 is 0 Å². The third kappa shape index (κ3) is 2.81. The Morgan fingerprint density at radius 3 is 3.00 bits per heavy atom. The minimum Gasteiger partial charge on any atom is -0.491 e. The van der Waals surface area contributed by atoms with Crippen LogP contribution in [0.1, 0.15) is 48.5 Å². The van der Waals surface area contributed by atoms with E-state index in [0.717, 1.165) is 42.6 Å². The van der Waals surface area contributed by atoms with Crippen LogP contribution in [-0.4, -0.2) is 24.6 Å². The highest BCUT2D eigenvalue weighted by Crippen LogP contribution is 2.26. The van der Waals surface area contributed by atoms with Crippen LogP contribution in [0.3, 0.4) is 0 Å². The Hall–Kier alpha value is -1.35. The lowest BCUT2D eigenvalue weighted by Gasteiger charge is -2.17. The van der Waals surface area contributed by atoms with E-state index in [9.17, 15) is 4.79 Å². The van der Waals surface area contributed by atoms with Crippen molar-refractivity contribution in [2.45, 2.75) is 51.2 Å². The first kappa shape index (κ1) is 12.7. The summed E-state index contributed by atoms with van der Waals surface area (Å²) in [4.78, 5) is 11.7. The highest BCUT2D eigenvalue weighted by Gasteiger charge is 2.22. The second-order valence-corrected chi connectivity index (χ2v) is 5.55. The number of fused-ring (bicyclic) bond motifs is 1. The third-order valence-electron chi connectivity index (χ3n) is 3.98. The molecular weight excluding hydrogens is 240 g/mol. The molecule has 2 aliphatic rings. The molecule has 2 atom stereocenters. The molecular formula is C16H20O3. The molecule has 3 nitrogen and oxygen atoms in total. The van der Waals surface area contributed by atoms with Crippen LogP contribution in [-0.2, 0) is 11.2 Å². The fraction of sp³-hybridized carbons (Fsp3) is 0.562. The summed E-state index contributed by atoms with van der Waals surface area (Å²) in [6.45, 7) is 2.71. The van der Waals surface area contributed by atoms with Crippen LogP contribution in [0, 0.1) is 0 Å². The molecule has 19 heavy (non-hydrogen) atoms. The van der Waals surface area contributed by atoms with Gasteiger partial charge in [0.25, 0.3) is 0 Å². The number of carbonyl (C=O) groups excluding carboxylic acids is 1. The van der Waals surface area contributed by atoms with Gasteiger partial charge in [0.1, 0.15) is 12.4 Å². The van der Waals surface area contributed by atoms with Crippen molar-refractivity contribution in [1.29, 1.82) is 0 Å². The average Bonchev–Trinajstić information content (AvgIpc) is 2.82. The number of hydrogen-bond donors (Lipinski definition) is 0. The molecule has 1 aromatic carbocycles. The highest BCUT2D eigenvalue weighted by molar-refractivity contribution is 5.98. The first-order chi connectivity index (χ1) is 9.22. The summed E-state index contributed by atoms with van der Waals surface area (Å²) in [6, 6.07) is 5.83. The van der Waals surface area contributed by atoms with E-state index in [1.807, 2.05) is 18.2 Å². The van der Waals surface area contributed by atoms with Gasteiger partial charge in [0.2, 0.25) is 0 Å². The molecule has 1 aromatic rings. The van der Waals surface area contributed by atoms with Gasteiger partial charge in [0.05, 0.1) is 12.2 Å². The smallest absolute Gasteiger partial charge is 0.163 e. The van der Waals surface area contributed by atoms with Gasteiger partial charge in [0, 0.05) is 12.0 Å². The van der Waals surface area contributed by atoms with E-state index in [2.05, 4.69) is 6.92 Å². The van der Waals surface area contributed by atoms with Crippen LogP contribution in [0.25, 0.3) is 0 Å². The molecule has 0 saturated carbocycles. The minimum absolute atomic E-state index is 0.215. The average molecular weight is 260 g/mol. The molecule has 0 N–H and O–H groups in total. The van der Waals surface area contributed by atoms with Crippen molar-refractivity contribution in [1.82, 2.24) is 0 Å². The largest absolute Gasteiger partial charge is 0.491 e. The van der Waals surface area contributed by atoms with Gasteiger partial charge in [-0.25, -0.2) is 0 Å². The molecule has 1 aliphatic heterocycles. The SMILES string of the molecule is CC1CCC(COc2ccc3c(c2)CCCC3=O)O1. The Balaban J connectivity index is 1.64. The van der Waals surface area contributed by atoms with Gasteiger partial charge in [-0.2, -0.15) is 0 Å². The maximum absolute atomic E-state index is 11.7. The van der Waals surface area contributed by atoms with Gasteiger partial charge in [-0.1, -0.05) is 0 Å². The van der Waals surface area contributed by atoms with Crippen LogP contribution < -0.4 is 4.74 Å². The molecule has 1 heterocycles. The van der Waals surface area contributed by atoms with Gasteiger partial charge in [-0.05, 0) is 56.4 Å². The summed E-state index contributed by atoms with van der Waals surface area (Å²) < 4.78 is 11.5. The van der Waals surface area contributed by atoms with Crippen LogP contribution in [0.2, 0.25) is 0 Å². The molecule has 3 heteroatoms. The molecule has 0 amide bonds. The summed E-state index contributed by atoms with van der Waals surface area (Å²) in [5.41, 5.74) is 2.01. The highest BCUT2D eigenvalue weighted by atomic mass is 16.5. The topological polar surface area (TPSA) is 35.5 Å². The van der Waals surface area contributed by atoms with E-state index in [4.69, 9.17) is 9.47 Å². The monoisotopic (exact) mass is 260 g/mol. The molecule has 2 unspecified atom stereocenters. The van der Waals surface area contributed by atoms with E-state index in [-0.39, 0.29) is 11.9 Å². The predicted octanol–water partition coefficient (Wildman–Crippen LogP) is 3.15. The molecule has 3 rings (SSSR count). The second kappa shape index (κ2) is 5.33. The molecule has 0 radical (unpaired) electrons. The molecule has 1 aliphatic carbocycles. The lowest BCUT2D eigenvalue weighted by molar-refractivity contribution is 0.0264. The normalized spacial score (nSPS) is 26.3. The first-order valence-corrected chi connectivity index (χ1v) is 7.17. The third-order valence-corrected chi connectivity index (χ3v) is 3.98.